The predicted molar refractivity (Wildman–Crippen MR) is 98.5 cm³/mol. The fourth-order valence-electron chi connectivity index (χ4n) is 2.80. The molecule has 1 saturated carbocycles. The van der Waals surface area contributed by atoms with Gasteiger partial charge in [-0.25, -0.2) is 9.59 Å². The molecule has 0 saturated heterocycles. The first-order valence-electron chi connectivity index (χ1n) is 8.57. The molecule has 2 aromatic carbocycles. The quantitative estimate of drug-likeness (QED) is 0.776. The van der Waals surface area contributed by atoms with E-state index in [-0.39, 0.29) is 17.5 Å². The summed E-state index contributed by atoms with van der Waals surface area (Å²) < 4.78 is 10.1. The van der Waals surface area contributed by atoms with Crippen molar-refractivity contribution in [2.24, 2.45) is 0 Å². The highest BCUT2D eigenvalue weighted by molar-refractivity contribution is 5.92. The number of hydrogen-bond acceptors (Lipinski definition) is 4. The fraction of sp³-hybridized carbons (Fsp3) is 0.300. The van der Waals surface area contributed by atoms with Gasteiger partial charge in [0.15, 0.2) is 0 Å². The number of ether oxygens (including phenoxy) is 2. The fourth-order valence-corrected chi connectivity index (χ4v) is 2.80. The summed E-state index contributed by atoms with van der Waals surface area (Å²) in [5, 5.41) is 5.85. The van der Waals surface area contributed by atoms with E-state index in [2.05, 4.69) is 10.6 Å². The summed E-state index contributed by atoms with van der Waals surface area (Å²) in [6, 6.07) is 14.1. The van der Waals surface area contributed by atoms with E-state index in [0.717, 1.165) is 24.2 Å². The van der Waals surface area contributed by atoms with E-state index in [0.29, 0.717) is 17.9 Å². The molecule has 2 aromatic rings. The number of rotatable bonds is 6. The smallest absolute Gasteiger partial charge is 0.338 e. The molecule has 0 aliphatic heterocycles. The Hall–Kier alpha value is -3.02. The van der Waals surface area contributed by atoms with Gasteiger partial charge < -0.3 is 20.1 Å². The molecular weight excluding hydrogens is 332 g/mol. The van der Waals surface area contributed by atoms with Crippen molar-refractivity contribution in [2.75, 3.05) is 19.0 Å². The molecular formula is C20H22N2O4. The number of anilines is 1. The minimum Gasteiger partial charge on any atom is -0.497 e. The first-order valence-corrected chi connectivity index (χ1v) is 8.57. The Labute approximate surface area is 152 Å². The molecule has 0 aromatic heterocycles. The van der Waals surface area contributed by atoms with Crippen LogP contribution in [-0.2, 0) is 10.3 Å². The first kappa shape index (κ1) is 17.8. The molecule has 26 heavy (non-hydrogen) atoms. The average molecular weight is 354 g/mol. The molecule has 1 aliphatic rings. The second-order valence-electron chi connectivity index (χ2n) is 6.19. The second kappa shape index (κ2) is 7.47. The largest absolute Gasteiger partial charge is 0.497 e. The summed E-state index contributed by atoms with van der Waals surface area (Å²) in [5.74, 6) is 0.413. The van der Waals surface area contributed by atoms with Gasteiger partial charge in [-0.05, 0) is 61.7 Å². The van der Waals surface area contributed by atoms with Crippen LogP contribution < -0.4 is 15.4 Å². The van der Waals surface area contributed by atoms with Crippen molar-refractivity contribution in [3.63, 3.8) is 0 Å². The van der Waals surface area contributed by atoms with Crippen LogP contribution in [0.15, 0.2) is 48.5 Å². The zero-order valence-corrected chi connectivity index (χ0v) is 14.9. The zero-order valence-electron chi connectivity index (χ0n) is 14.9. The minimum atomic E-state index is -0.375. The van der Waals surface area contributed by atoms with E-state index in [1.807, 2.05) is 24.3 Å². The normalized spacial score (nSPS) is 14.2. The molecule has 1 fully saturated rings. The summed E-state index contributed by atoms with van der Waals surface area (Å²) >= 11 is 0. The molecule has 0 atom stereocenters. The zero-order chi connectivity index (χ0) is 18.6. The van der Waals surface area contributed by atoms with Gasteiger partial charge in [0.25, 0.3) is 0 Å². The lowest BCUT2D eigenvalue weighted by atomic mass is 10.1. The molecule has 6 nitrogen and oxygen atoms in total. The molecule has 0 radical (unpaired) electrons. The van der Waals surface area contributed by atoms with Gasteiger partial charge in [-0.2, -0.15) is 0 Å². The molecule has 0 heterocycles. The Balaban J connectivity index is 1.60. The van der Waals surface area contributed by atoms with Crippen LogP contribution in [0.5, 0.6) is 5.75 Å². The van der Waals surface area contributed by atoms with Crippen LogP contribution in [0.3, 0.4) is 0 Å². The average Bonchev–Trinajstić information content (AvgIpc) is 3.43. The monoisotopic (exact) mass is 354 g/mol. The van der Waals surface area contributed by atoms with Gasteiger partial charge in [0.1, 0.15) is 5.75 Å². The second-order valence-corrected chi connectivity index (χ2v) is 6.19. The van der Waals surface area contributed by atoms with E-state index >= 15 is 0 Å². The van der Waals surface area contributed by atoms with Crippen LogP contribution in [0, 0.1) is 0 Å². The maximum absolute atomic E-state index is 12.3. The lowest BCUT2D eigenvalue weighted by Gasteiger charge is -2.19. The van der Waals surface area contributed by atoms with Gasteiger partial charge >= 0.3 is 12.0 Å². The molecule has 0 spiro atoms. The number of amides is 2. The number of carbonyl (C=O) groups excluding carboxylic acids is 2. The van der Waals surface area contributed by atoms with Crippen molar-refractivity contribution in [3.05, 3.63) is 59.7 Å². The van der Waals surface area contributed by atoms with Crippen molar-refractivity contribution in [1.82, 2.24) is 5.32 Å². The van der Waals surface area contributed by atoms with Crippen molar-refractivity contribution >= 4 is 17.7 Å². The highest BCUT2D eigenvalue weighted by Crippen LogP contribution is 2.45. The molecule has 136 valence electrons. The van der Waals surface area contributed by atoms with Crippen LogP contribution in [-0.4, -0.2) is 25.7 Å². The first-order chi connectivity index (χ1) is 12.6. The molecule has 0 bridgehead atoms. The van der Waals surface area contributed by atoms with Gasteiger partial charge in [-0.3, -0.25) is 0 Å². The molecule has 0 unspecified atom stereocenters. The number of carbonyl (C=O) groups is 2. The molecule has 2 N–H and O–H groups in total. The van der Waals surface area contributed by atoms with Crippen LogP contribution in [0.4, 0.5) is 10.5 Å². The number of urea groups is 1. The van der Waals surface area contributed by atoms with E-state index in [9.17, 15) is 9.59 Å². The highest BCUT2D eigenvalue weighted by Gasteiger charge is 2.45. The Morgan fingerprint density at radius 1 is 1.04 bits per heavy atom. The standard InChI is InChI=1S/C20H22N2O4/c1-3-26-18(23)14-4-8-16(9-5-14)21-19(24)22-20(12-13-20)15-6-10-17(25-2)11-7-15/h4-11H,3,12-13H2,1-2H3,(H2,21,22,24). The molecule has 2 amide bonds. The van der Waals surface area contributed by atoms with E-state index in [1.165, 1.54) is 0 Å². The number of hydrogen-bond donors (Lipinski definition) is 2. The lowest BCUT2D eigenvalue weighted by Crippen LogP contribution is -2.38. The van der Waals surface area contributed by atoms with Crippen molar-refractivity contribution < 1.29 is 19.1 Å². The Morgan fingerprint density at radius 2 is 1.69 bits per heavy atom. The predicted octanol–water partition coefficient (Wildman–Crippen LogP) is 3.68. The van der Waals surface area contributed by atoms with Crippen LogP contribution in [0.25, 0.3) is 0 Å². The summed E-state index contributed by atoms with van der Waals surface area (Å²) in [4.78, 5) is 24.0. The van der Waals surface area contributed by atoms with Gasteiger partial charge in [-0.1, -0.05) is 12.1 Å². The molecule has 3 rings (SSSR count). The van der Waals surface area contributed by atoms with Crippen LogP contribution in [0.2, 0.25) is 0 Å². The topological polar surface area (TPSA) is 76.7 Å². The summed E-state index contributed by atoms with van der Waals surface area (Å²) in [6.45, 7) is 2.09. The third-order valence-electron chi connectivity index (χ3n) is 4.40. The Morgan fingerprint density at radius 3 is 2.23 bits per heavy atom. The van der Waals surface area contributed by atoms with E-state index < -0.39 is 0 Å². The number of esters is 1. The SMILES string of the molecule is CCOC(=O)c1ccc(NC(=O)NC2(c3ccc(OC)cc3)CC2)cc1. The third-order valence-corrected chi connectivity index (χ3v) is 4.40. The number of nitrogens with one attached hydrogen (secondary N) is 2. The summed E-state index contributed by atoms with van der Waals surface area (Å²) in [7, 11) is 1.63. The third kappa shape index (κ3) is 3.96. The highest BCUT2D eigenvalue weighted by atomic mass is 16.5. The van der Waals surface area contributed by atoms with Crippen molar-refractivity contribution in [1.29, 1.82) is 0 Å². The molecule has 6 heteroatoms. The Kier molecular flexibility index (Phi) is 5.11. The van der Waals surface area contributed by atoms with Gasteiger partial charge in [0.2, 0.25) is 0 Å². The van der Waals surface area contributed by atoms with Gasteiger partial charge in [0, 0.05) is 5.69 Å². The minimum absolute atomic E-state index is 0.276. The maximum Gasteiger partial charge on any atom is 0.338 e. The van der Waals surface area contributed by atoms with E-state index in [1.54, 1.807) is 38.3 Å². The van der Waals surface area contributed by atoms with Crippen LogP contribution in [0.1, 0.15) is 35.7 Å². The lowest BCUT2D eigenvalue weighted by molar-refractivity contribution is 0.0526. The van der Waals surface area contributed by atoms with Crippen molar-refractivity contribution in [2.45, 2.75) is 25.3 Å². The number of methoxy groups -OCH3 is 1. The van der Waals surface area contributed by atoms with E-state index in [4.69, 9.17) is 9.47 Å². The summed E-state index contributed by atoms with van der Waals surface area (Å²) in [6.07, 6.45) is 1.79. The number of benzene rings is 2. The Bertz CT molecular complexity index is 780. The van der Waals surface area contributed by atoms with Gasteiger partial charge in [0.05, 0.1) is 24.8 Å². The van der Waals surface area contributed by atoms with Crippen molar-refractivity contribution in [3.8, 4) is 5.75 Å². The van der Waals surface area contributed by atoms with Crippen LogP contribution >= 0.6 is 0 Å². The maximum atomic E-state index is 12.3. The van der Waals surface area contributed by atoms with Gasteiger partial charge in [-0.15, -0.1) is 0 Å². The summed E-state index contributed by atoms with van der Waals surface area (Å²) in [5.41, 5.74) is 1.81. The molecule has 1 aliphatic carbocycles.